The first-order valence-electron chi connectivity index (χ1n) is 14.0. The monoisotopic (exact) mass is 543 g/mol. The van der Waals surface area contributed by atoms with Gasteiger partial charge in [-0.15, -0.1) is 0 Å². The Kier molecular flexibility index (Phi) is 8.60. The molecule has 0 amide bonds. The molecule has 2 fully saturated rings. The normalized spacial score (nSPS) is 17.8. The quantitative estimate of drug-likeness (QED) is 0.201. The van der Waals surface area contributed by atoms with Gasteiger partial charge in [0.05, 0.1) is 43.5 Å². The van der Waals surface area contributed by atoms with Gasteiger partial charge in [-0.3, -0.25) is 9.79 Å². The van der Waals surface area contributed by atoms with Gasteiger partial charge in [-0.05, 0) is 57.4 Å². The Labute approximate surface area is 235 Å². The molecule has 1 aliphatic heterocycles. The first kappa shape index (κ1) is 27.6. The molecule has 2 unspecified atom stereocenters. The zero-order valence-electron chi connectivity index (χ0n) is 23.6. The number of pyridine rings is 2. The van der Waals surface area contributed by atoms with Gasteiger partial charge in [0.25, 0.3) is 0 Å². The molecule has 2 aliphatic rings. The second kappa shape index (κ2) is 12.5. The van der Waals surface area contributed by atoms with Crippen LogP contribution >= 0.6 is 0 Å². The van der Waals surface area contributed by atoms with Crippen molar-refractivity contribution in [2.45, 2.75) is 58.6 Å². The Bertz CT molecular complexity index is 1360. The Hall–Kier alpha value is -3.98. The van der Waals surface area contributed by atoms with Crippen molar-refractivity contribution in [1.29, 1.82) is 0 Å². The Balaban J connectivity index is 1.41. The third-order valence-electron chi connectivity index (χ3n) is 7.18. The molecule has 0 spiro atoms. The van der Waals surface area contributed by atoms with Gasteiger partial charge >= 0.3 is 0 Å². The summed E-state index contributed by atoms with van der Waals surface area (Å²) in [4.78, 5) is 27.0. The number of methoxy groups -OCH3 is 1. The fourth-order valence-corrected chi connectivity index (χ4v) is 4.62. The van der Waals surface area contributed by atoms with Gasteiger partial charge in [-0.1, -0.05) is 13.0 Å². The van der Waals surface area contributed by atoms with Crippen LogP contribution in [0.15, 0.2) is 53.8 Å². The summed E-state index contributed by atoms with van der Waals surface area (Å²) in [6.07, 6.45) is 7.04. The fraction of sp³-hybridized carbons (Fsp3) is 0.419. The van der Waals surface area contributed by atoms with Crippen molar-refractivity contribution in [3.05, 3.63) is 59.9 Å². The van der Waals surface area contributed by atoms with Gasteiger partial charge in [-0.2, -0.15) is 0 Å². The number of ketones is 1. The molecule has 9 nitrogen and oxygen atoms in total. The molecule has 0 bridgehead atoms. The maximum atomic E-state index is 13.2. The number of ether oxygens (including phenoxy) is 3. The van der Waals surface area contributed by atoms with Crippen molar-refractivity contribution >= 4 is 34.5 Å². The highest BCUT2D eigenvalue weighted by Gasteiger charge is 2.32. The van der Waals surface area contributed by atoms with E-state index in [1.165, 1.54) is 0 Å². The molecule has 40 heavy (non-hydrogen) atoms. The molecule has 0 radical (unpaired) electrons. The summed E-state index contributed by atoms with van der Waals surface area (Å²) < 4.78 is 17.1. The minimum atomic E-state index is 0.0544. The molecule has 1 aliphatic carbocycles. The molecule has 1 saturated carbocycles. The third kappa shape index (κ3) is 6.59. The lowest BCUT2D eigenvalue weighted by Crippen LogP contribution is -2.15. The molecule has 2 N–H and O–H groups in total. The summed E-state index contributed by atoms with van der Waals surface area (Å²) in [5.74, 6) is 2.70. The van der Waals surface area contributed by atoms with E-state index in [0.29, 0.717) is 41.0 Å². The zero-order valence-corrected chi connectivity index (χ0v) is 23.6. The van der Waals surface area contributed by atoms with Gasteiger partial charge in [0.15, 0.2) is 11.5 Å². The predicted molar refractivity (Wildman–Crippen MR) is 157 cm³/mol. The fourth-order valence-electron chi connectivity index (χ4n) is 4.62. The molecule has 1 saturated heterocycles. The number of hydrogen-bond donors (Lipinski definition) is 2. The van der Waals surface area contributed by atoms with Gasteiger partial charge in [-0.25, -0.2) is 9.97 Å². The molecule has 210 valence electrons. The number of Topliss-reactive ketones (excluding diaryl/α,β-unsaturated/α-hetero) is 1. The van der Waals surface area contributed by atoms with Crippen LogP contribution in [0.3, 0.4) is 0 Å². The van der Waals surface area contributed by atoms with E-state index >= 15 is 0 Å². The van der Waals surface area contributed by atoms with E-state index in [4.69, 9.17) is 19.2 Å². The number of nitrogens with one attached hydrogen (secondary N) is 2. The molecule has 2 atom stereocenters. The van der Waals surface area contributed by atoms with Crippen LogP contribution in [0.25, 0.3) is 0 Å². The smallest absolute Gasteiger partial charge is 0.169 e. The maximum absolute atomic E-state index is 13.2. The summed E-state index contributed by atoms with van der Waals surface area (Å²) in [7, 11) is 1.65. The number of benzene rings is 1. The van der Waals surface area contributed by atoms with E-state index in [-0.39, 0.29) is 23.8 Å². The molecule has 3 aromatic rings. The Morgan fingerprint density at radius 3 is 2.58 bits per heavy atom. The van der Waals surface area contributed by atoms with Crippen molar-refractivity contribution in [1.82, 2.24) is 9.97 Å². The topological polar surface area (TPSA) is 107 Å². The van der Waals surface area contributed by atoms with Gasteiger partial charge in [0, 0.05) is 41.9 Å². The minimum absolute atomic E-state index is 0.0544. The van der Waals surface area contributed by atoms with E-state index < -0.39 is 0 Å². The predicted octanol–water partition coefficient (Wildman–Crippen LogP) is 6.34. The van der Waals surface area contributed by atoms with Crippen LogP contribution < -0.4 is 20.1 Å². The largest absolute Gasteiger partial charge is 0.494 e. The van der Waals surface area contributed by atoms with Gasteiger partial charge in [0.2, 0.25) is 0 Å². The minimum Gasteiger partial charge on any atom is -0.494 e. The third-order valence-corrected chi connectivity index (χ3v) is 7.18. The first-order chi connectivity index (χ1) is 19.4. The summed E-state index contributed by atoms with van der Waals surface area (Å²) in [6, 6.07) is 11.7. The highest BCUT2D eigenvalue weighted by molar-refractivity contribution is 6.06. The van der Waals surface area contributed by atoms with Crippen molar-refractivity contribution in [2.24, 2.45) is 10.9 Å². The summed E-state index contributed by atoms with van der Waals surface area (Å²) in [6.45, 7) is 7.53. The summed E-state index contributed by atoms with van der Waals surface area (Å²) in [5, 5.41) is 6.70. The molecule has 2 aromatic heterocycles. The highest BCUT2D eigenvalue weighted by Crippen LogP contribution is 2.38. The van der Waals surface area contributed by atoms with Crippen LogP contribution in [0.2, 0.25) is 0 Å². The average Bonchev–Trinajstić information content (AvgIpc) is 3.70. The van der Waals surface area contributed by atoms with Crippen molar-refractivity contribution < 1.29 is 19.0 Å². The van der Waals surface area contributed by atoms with E-state index in [1.54, 1.807) is 19.5 Å². The van der Waals surface area contributed by atoms with Crippen LogP contribution in [0, 0.1) is 5.92 Å². The Morgan fingerprint density at radius 2 is 1.90 bits per heavy atom. The molecule has 3 heterocycles. The molecule has 1 aromatic carbocycles. The number of nitrogens with zero attached hydrogens (tertiary/aromatic N) is 3. The van der Waals surface area contributed by atoms with Gasteiger partial charge < -0.3 is 24.8 Å². The van der Waals surface area contributed by atoms with Gasteiger partial charge in [0.1, 0.15) is 23.5 Å². The highest BCUT2D eigenvalue weighted by atomic mass is 16.5. The lowest BCUT2D eigenvalue weighted by atomic mass is 10.1. The molecular formula is C31H37N5O4. The molecular weight excluding hydrogens is 506 g/mol. The van der Waals surface area contributed by atoms with Crippen molar-refractivity contribution in [2.75, 3.05) is 31.0 Å². The number of carbonyl (C=O) groups excluding carboxylic acids is 1. The number of carbonyl (C=O) groups is 1. The Morgan fingerprint density at radius 1 is 1.07 bits per heavy atom. The average molecular weight is 544 g/mol. The number of anilines is 4. The van der Waals surface area contributed by atoms with Crippen LogP contribution in [0.1, 0.15) is 62.4 Å². The number of aliphatic imine (C=N–C) groups is 1. The van der Waals surface area contributed by atoms with Crippen LogP contribution in [0.5, 0.6) is 11.5 Å². The van der Waals surface area contributed by atoms with Crippen LogP contribution in [-0.4, -0.2) is 53.9 Å². The van der Waals surface area contributed by atoms with Crippen LogP contribution in [0.4, 0.5) is 23.0 Å². The number of para-hydroxylation sites is 1. The standard InChI is InChI=1S/C31H37N5O4/c1-5-19(2)34-20(3)24-7-6-8-26(31(24)38-4)35-27-15-29(33-17-25(27)30(37)21-9-10-21)36-28-12-11-22(16-32-28)40-23-13-14-39-18-23/h6-8,11-12,15-17,19,21,23H,5,9-10,13-14,18H2,1-4H3,(H2,32,33,35,36). The SMILES string of the molecule is CCC(C)N=C(C)c1cccc(Nc2cc(Nc3ccc(OC4CCOC4)cn3)ncc2C(=O)C2CC2)c1OC. The van der Waals surface area contributed by atoms with Crippen molar-refractivity contribution in [3.63, 3.8) is 0 Å². The van der Waals surface area contributed by atoms with Crippen molar-refractivity contribution in [3.8, 4) is 11.5 Å². The summed E-state index contributed by atoms with van der Waals surface area (Å²) >= 11 is 0. The van der Waals surface area contributed by atoms with E-state index in [2.05, 4.69) is 34.4 Å². The lowest BCUT2D eigenvalue weighted by molar-refractivity contribution is 0.0968. The lowest BCUT2D eigenvalue weighted by Gasteiger charge is -2.18. The maximum Gasteiger partial charge on any atom is 0.169 e. The zero-order chi connectivity index (χ0) is 28.1. The number of hydrogen-bond acceptors (Lipinski definition) is 9. The van der Waals surface area contributed by atoms with E-state index in [1.807, 2.05) is 43.3 Å². The van der Waals surface area contributed by atoms with E-state index in [0.717, 1.165) is 49.3 Å². The van der Waals surface area contributed by atoms with Crippen LogP contribution in [-0.2, 0) is 4.74 Å². The number of rotatable bonds is 12. The second-order valence-electron chi connectivity index (χ2n) is 10.3. The molecule has 5 rings (SSSR count). The summed E-state index contributed by atoms with van der Waals surface area (Å²) in [5.41, 5.74) is 3.77. The van der Waals surface area contributed by atoms with E-state index in [9.17, 15) is 4.79 Å². The number of aromatic nitrogens is 2. The first-order valence-corrected chi connectivity index (χ1v) is 14.0. The second-order valence-corrected chi connectivity index (χ2v) is 10.3. The molecule has 9 heteroatoms.